The molecule has 3 amide bonds. The van der Waals surface area contributed by atoms with Gasteiger partial charge in [0.1, 0.15) is 12.1 Å². The van der Waals surface area contributed by atoms with Gasteiger partial charge in [-0.15, -0.1) is 11.3 Å². The molecule has 0 bridgehead atoms. The van der Waals surface area contributed by atoms with E-state index in [2.05, 4.69) is 24.1 Å². The molecule has 2 aliphatic heterocycles. The molecule has 3 heterocycles. The van der Waals surface area contributed by atoms with Gasteiger partial charge in [-0.3, -0.25) is 19.2 Å². The van der Waals surface area contributed by atoms with Crippen molar-refractivity contribution in [1.82, 2.24) is 15.1 Å². The van der Waals surface area contributed by atoms with Crippen LogP contribution < -0.4 is 10.2 Å². The van der Waals surface area contributed by atoms with Crippen molar-refractivity contribution in [3.8, 4) is 0 Å². The fourth-order valence-corrected chi connectivity index (χ4v) is 6.11. The van der Waals surface area contributed by atoms with E-state index in [-0.39, 0.29) is 42.0 Å². The summed E-state index contributed by atoms with van der Waals surface area (Å²) < 4.78 is 0. The summed E-state index contributed by atoms with van der Waals surface area (Å²) in [6, 6.07) is 9.24. The van der Waals surface area contributed by atoms with Crippen LogP contribution in [0.2, 0.25) is 0 Å². The topological polar surface area (TPSA) is 90.0 Å². The molecule has 2 saturated heterocycles. The van der Waals surface area contributed by atoms with Gasteiger partial charge in [0.15, 0.2) is 5.78 Å². The van der Waals surface area contributed by atoms with Crippen molar-refractivity contribution in [2.24, 2.45) is 5.92 Å². The predicted octanol–water partition coefficient (Wildman–Crippen LogP) is 3.43. The maximum Gasteiger partial charge on any atom is 0.264 e. The number of amides is 3. The lowest BCUT2D eigenvalue weighted by Crippen LogP contribution is -2.53. The summed E-state index contributed by atoms with van der Waals surface area (Å²) >= 11 is 1.35. The second-order valence-corrected chi connectivity index (χ2v) is 11.0. The minimum Gasteiger partial charge on any atom is -0.372 e. The van der Waals surface area contributed by atoms with Crippen LogP contribution in [0.3, 0.4) is 0 Å². The van der Waals surface area contributed by atoms with Gasteiger partial charge in [0.05, 0.1) is 17.5 Å². The summed E-state index contributed by atoms with van der Waals surface area (Å²) in [7, 11) is 0. The number of carbonyl (C=O) groups excluding carboxylic acids is 4. The fraction of sp³-hybridized carbons (Fsp3) is 0.500. The molecule has 1 N–H and O–H groups in total. The van der Waals surface area contributed by atoms with E-state index < -0.39 is 12.1 Å². The minimum absolute atomic E-state index is 0.00986. The zero-order chi connectivity index (χ0) is 26.7. The first kappa shape index (κ1) is 26.9. The van der Waals surface area contributed by atoms with Crippen molar-refractivity contribution >= 4 is 40.5 Å². The number of likely N-dealkylation sites (tertiary alicyclic amines) is 2. The highest BCUT2D eigenvalue weighted by Gasteiger charge is 2.52. The number of nitrogens with zero attached hydrogens (tertiary/aromatic N) is 3. The first-order chi connectivity index (χ1) is 17.7. The van der Waals surface area contributed by atoms with E-state index in [1.165, 1.54) is 11.3 Å². The van der Waals surface area contributed by atoms with Gasteiger partial charge < -0.3 is 20.0 Å². The minimum atomic E-state index is -0.747. The van der Waals surface area contributed by atoms with Crippen LogP contribution in [0.5, 0.6) is 0 Å². The van der Waals surface area contributed by atoms with Crippen molar-refractivity contribution in [2.45, 2.75) is 58.7 Å². The van der Waals surface area contributed by atoms with Crippen LogP contribution in [0.25, 0.3) is 0 Å². The molecule has 198 valence electrons. The van der Waals surface area contributed by atoms with E-state index in [0.717, 1.165) is 18.8 Å². The molecule has 3 atom stereocenters. The maximum atomic E-state index is 13.7. The lowest BCUT2D eigenvalue weighted by molar-refractivity contribution is -0.138. The standard InChI is InChI=1S/C28H36N4O4S/c1-5-30(6-2)20-11-9-19(10-12-20)26(34)29-21(16-18(3)4)27(35)31-14-13-22-25(31)23(33)17-32(22)28(36)24-8-7-15-37-24/h7-12,15,18,21-22,25H,5-6,13-14,16-17H2,1-4H3,(H,29,34). The van der Waals surface area contributed by atoms with Gasteiger partial charge >= 0.3 is 0 Å². The normalized spacial score (nSPS) is 19.8. The molecule has 0 saturated carbocycles. The molecule has 4 rings (SSSR count). The second-order valence-electron chi connectivity index (χ2n) is 10.1. The van der Waals surface area contributed by atoms with Crippen LogP contribution >= 0.6 is 11.3 Å². The number of carbonyl (C=O) groups is 4. The van der Waals surface area contributed by atoms with Crippen LogP contribution in [0.15, 0.2) is 41.8 Å². The van der Waals surface area contributed by atoms with Gasteiger partial charge in [-0.25, -0.2) is 0 Å². The smallest absolute Gasteiger partial charge is 0.264 e. The van der Waals surface area contributed by atoms with Crippen molar-refractivity contribution in [2.75, 3.05) is 31.1 Å². The van der Waals surface area contributed by atoms with Crippen molar-refractivity contribution in [3.63, 3.8) is 0 Å². The monoisotopic (exact) mass is 524 g/mol. The molecule has 2 aliphatic rings. The van der Waals surface area contributed by atoms with Crippen LogP contribution in [-0.4, -0.2) is 77.6 Å². The summed E-state index contributed by atoms with van der Waals surface area (Å²) in [4.78, 5) is 58.8. The Bertz CT molecular complexity index is 1130. The maximum absolute atomic E-state index is 13.7. The third-order valence-electron chi connectivity index (χ3n) is 7.27. The number of hydrogen-bond donors (Lipinski definition) is 1. The third-order valence-corrected chi connectivity index (χ3v) is 8.12. The molecule has 0 spiro atoms. The highest BCUT2D eigenvalue weighted by molar-refractivity contribution is 7.12. The Balaban J connectivity index is 1.48. The molecule has 3 unspecified atom stereocenters. The average molecular weight is 525 g/mol. The summed E-state index contributed by atoms with van der Waals surface area (Å²) in [5.74, 6) is -0.692. The summed E-state index contributed by atoms with van der Waals surface area (Å²) in [6.45, 7) is 10.3. The predicted molar refractivity (Wildman–Crippen MR) is 145 cm³/mol. The number of ketones is 1. The first-order valence-electron chi connectivity index (χ1n) is 13.1. The van der Waals surface area contributed by atoms with Gasteiger partial charge in [0, 0.05) is 30.9 Å². The van der Waals surface area contributed by atoms with E-state index in [1.54, 1.807) is 28.0 Å². The van der Waals surface area contributed by atoms with Crippen LogP contribution in [0.1, 0.15) is 60.6 Å². The van der Waals surface area contributed by atoms with Gasteiger partial charge in [-0.05, 0) is 68.3 Å². The van der Waals surface area contributed by atoms with Gasteiger partial charge in [-0.1, -0.05) is 19.9 Å². The SMILES string of the molecule is CCN(CC)c1ccc(C(=O)NC(CC(C)C)C(=O)N2CCC3C2C(=O)CN3C(=O)c2cccs2)cc1. The zero-order valence-corrected chi connectivity index (χ0v) is 22.8. The molecular weight excluding hydrogens is 488 g/mol. The number of Topliss-reactive ketones (excluding diaryl/α,β-unsaturated/α-hetero) is 1. The van der Waals surface area contributed by atoms with E-state index in [9.17, 15) is 19.2 Å². The Labute approximate surface area is 222 Å². The van der Waals surface area contributed by atoms with Crippen molar-refractivity contribution < 1.29 is 19.2 Å². The second kappa shape index (κ2) is 11.5. The molecule has 1 aromatic carbocycles. The molecule has 2 aromatic rings. The largest absolute Gasteiger partial charge is 0.372 e. The highest BCUT2D eigenvalue weighted by atomic mass is 32.1. The van der Waals surface area contributed by atoms with Crippen molar-refractivity contribution in [3.05, 3.63) is 52.2 Å². The number of rotatable bonds is 9. The van der Waals surface area contributed by atoms with Crippen LogP contribution in [0.4, 0.5) is 5.69 Å². The van der Waals surface area contributed by atoms with Gasteiger partial charge in [0.25, 0.3) is 11.8 Å². The van der Waals surface area contributed by atoms with E-state index in [0.29, 0.717) is 29.8 Å². The Morgan fingerprint density at radius 2 is 1.78 bits per heavy atom. The molecule has 37 heavy (non-hydrogen) atoms. The number of benzene rings is 1. The first-order valence-corrected chi connectivity index (χ1v) is 14.0. The molecular formula is C28H36N4O4S. The van der Waals surface area contributed by atoms with Crippen molar-refractivity contribution in [1.29, 1.82) is 0 Å². The number of thiophene rings is 1. The van der Waals surface area contributed by atoms with Crippen LogP contribution in [-0.2, 0) is 9.59 Å². The Morgan fingerprint density at radius 1 is 1.08 bits per heavy atom. The molecule has 2 fully saturated rings. The lowest BCUT2D eigenvalue weighted by atomic mass is 10.0. The summed E-state index contributed by atoms with van der Waals surface area (Å²) in [5, 5.41) is 4.77. The Hall–Kier alpha value is -3.20. The molecule has 9 heteroatoms. The zero-order valence-electron chi connectivity index (χ0n) is 22.0. The Kier molecular flexibility index (Phi) is 8.32. The average Bonchev–Trinajstić information content (AvgIpc) is 3.63. The van der Waals surface area contributed by atoms with E-state index in [1.807, 2.05) is 37.4 Å². The summed E-state index contributed by atoms with van der Waals surface area (Å²) in [6.07, 6.45) is 1.01. The highest BCUT2D eigenvalue weighted by Crippen LogP contribution is 2.32. The number of hydrogen-bond acceptors (Lipinski definition) is 6. The van der Waals surface area contributed by atoms with Gasteiger partial charge in [0.2, 0.25) is 5.91 Å². The summed E-state index contributed by atoms with van der Waals surface area (Å²) in [5.41, 5.74) is 1.53. The molecule has 0 radical (unpaired) electrons. The van der Waals surface area contributed by atoms with Gasteiger partial charge in [-0.2, -0.15) is 0 Å². The number of nitrogens with one attached hydrogen (secondary N) is 1. The van der Waals surface area contributed by atoms with E-state index >= 15 is 0 Å². The molecule has 8 nitrogen and oxygen atoms in total. The third kappa shape index (κ3) is 5.56. The Morgan fingerprint density at radius 3 is 2.38 bits per heavy atom. The lowest BCUT2D eigenvalue weighted by Gasteiger charge is -2.29. The molecule has 0 aliphatic carbocycles. The number of fused-ring (bicyclic) bond motifs is 1. The quantitative estimate of drug-likeness (QED) is 0.543. The molecule has 1 aromatic heterocycles. The van der Waals surface area contributed by atoms with Crippen LogP contribution in [0, 0.1) is 5.92 Å². The number of anilines is 1. The van der Waals surface area contributed by atoms with E-state index in [4.69, 9.17) is 0 Å². The fourth-order valence-electron chi connectivity index (χ4n) is 5.43.